The van der Waals surface area contributed by atoms with E-state index in [1.54, 1.807) is 6.07 Å². The van der Waals surface area contributed by atoms with Crippen molar-refractivity contribution in [2.24, 2.45) is 5.73 Å². The van der Waals surface area contributed by atoms with Gasteiger partial charge in [-0.15, -0.1) is 0 Å². The zero-order chi connectivity index (χ0) is 21.9. The summed E-state index contributed by atoms with van der Waals surface area (Å²) in [4.78, 5) is 27.6. The molecule has 0 fully saturated rings. The Morgan fingerprint density at radius 1 is 1.13 bits per heavy atom. The minimum absolute atomic E-state index is 0.0831. The van der Waals surface area contributed by atoms with Gasteiger partial charge in [0.15, 0.2) is 0 Å². The molecule has 1 aromatic carbocycles. The van der Waals surface area contributed by atoms with Crippen LogP contribution in [0.3, 0.4) is 0 Å². The van der Waals surface area contributed by atoms with Gasteiger partial charge in [0.25, 0.3) is 5.91 Å². The Kier molecular flexibility index (Phi) is 6.37. The second-order valence-electron chi connectivity index (χ2n) is 8.29. The number of aryl methyl sites for hydroxylation is 1. The van der Waals surface area contributed by atoms with Crippen molar-refractivity contribution in [3.8, 4) is 5.69 Å². The van der Waals surface area contributed by atoms with Crippen molar-refractivity contribution in [3.05, 3.63) is 76.3 Å². The number of nitrogens with two attached hydrogens (primary N) is 1. The average molecular weight is 425 g/mol. The highest BCUT2D eigenvalue weighted by molar-refractivity contribution is 6.30. The highest BCUT2D eigenvalue weighted by Gasteiger charge is 2.21. The predicted octanol–water partition coefficient (Wildman–Crippen LogP) is 4.06. The highest BCUT2D eigenvalue weighted by atomic mass is 35.5. The van der Waals surface area contributed by atoms with Crippen LogP contribution in [0, 0.1) is 0 Å². The van der Waals surface area contributed by atoms with Gasteiger partial charge in [-0.2, -0.15) is 5.10 Å². The van der Waals surface area contributed by atoms with Crippen LogP contribution in [0.5, 0.6) is 0 Å². The summed E-state index contributed by atoms with van der Waals surface area (Å²) in [7, 11) is 0. The first-order valence-corrected chi connectivity index (χ1v) is 10.1. The van der Waals surface area contributed by atoms with Gasteiger partial charge in [0.05, 0.1) is 11.4 Å². The summed E-state index contributed by atoms with van der Waals surface area (Å²) >= 11 is 6.16. The molecule has 7 heteroatoms. The summed E-state index contributed by atoms with van der Waals surface area (Å²) in [5, 5.41) is 5.41. The molecule has 0 saturated heterocycles. The summed E-state index contributed by atoms with van der Waals surface area (Å²) in [6.07, 6.45) is 2.70. The zero-order valence-corrected chi connectivity index (χ0v) is 18.1. The van der Waals surface area contributed by atoms with Crippen molar-refractivity contribution in [3.63, 3.8) is 0 Å². The summed E-state index contributed by atoms with van der Waals surface area (Å²) in [6.45, 7) is 6.32. The second-order valence-corrected chi connectivity index (χ2v) is 8.73. The van der Waals surface area contributed by atoms with Crippen LogP contribution in [-0.2, 0) is 23.1 Å². The smallest absolute Gasteiger partial charge is 0.267 e. The largest absolute Gasteiger partial charge is 0.364 e. The molecule has 30 heavy (non-hydrogen) atoms. The average Bonchev–Trinajstić information content (AvgIpc) is 3.11. The first kappa shape index (κ1) is 21.7. The lowest BCUT2D eigenvalue weighted by Gasteiger charge is -2.14. The van der Waals surface area contributed by atoms with Gasteiger partial charge in [0.2, 0.25) is 0 Å². The standard InChI is InChI=1S/C23H25ClN4O2/c1-23(2,3)21-13-18(28(27-21)17-6-4-5-16(24)12-17)8-9-19(29)11-15-7-10-20(22(25)30)26-14-15/h4-7,10,12-14H,8-9,11H2,1-3H3,(H2,25,30). The number of aromatic nitrogens is 3. The van der Waals surface area contributed by atoms with Gasteiger partial charge >= 0.3 is 0 Å². The number of amides is 1. The molecule has 2 N–H and O–H groups in total. The number of pyridine rings is 1. The maximum Gasteiger partial charge on any atom is 0.267 e. The van der Waals surface area contributed by atoms with Crippen LogP contribution >= 0.6 is 11.6 Å². The van der Waals surface area contributed by atoms with Crippen molar-refractivity contribution < 1.29 is 9.59 Å². The van der Waals surface area contributed by atoms with Crippen LogP contribution in [-0.4, -0.2) is 26.5 Å². The summed E-state index contributed by atoms with van der Waals surface area (Å²) in [6, 6.07) is 12.8. The molecular formula is C23H25ClN4O2. The fraction of sp³-hybridized carbons (Fsp3) is 0.304. The number of nitrogens with zero attached hydrogens (tertiary/aromatic N) is 3. The number of carbonyl (C=O) groups is 2. The van der Waals surface area contributed by atoms with Gasteiger partial charge in [0.1, 0.15) is 11.5 Å². The fourth-order valence-electron chi connectivity index (χ4n) is 3.05. The Hall–Kier alpha value is -2.99. The maximum atomic E-state index is 12.5. The molecule has 0 atom stereocenters. The summed E-state index contributed by atoms with van der Waals surface area (Å²) in [5.41, 5.74) is 8.80. The minimum Gasteiger partial charge on any atom is -0.364 e. The monoisotopic (exact) mass is 424 g/mol. The Morgan fingerprint density at radius 2 is 1.90 bits per heavy atom. The van der Waals surface area contributed by atoms with Crippen LogP contribution in [0.1, 0.15) is 54.6 Å². The molecule has 2 heterocycles. The molecule has 3 rings (SSSR count). The number of hydrogen-bond acceptors (Lipinski definition) is 4. The number of benzene rings is 1. The molecule has 156 valence electrons. The number of rotatable bonds is 7. The molecule has 0 unspecified atom stereocenters. The van der Waals surface area contributed by atoms with Gasteiger partial charge < -0.3 is 5.73 Å². The molecule has 0 aliphatic carbocycles. The third-order valence-corrected chi connectivity index (χ3v) is 4.98. The van der Waals surface area contributed by atoms with Gasteiger partial charge in [0, 0.05) is 35.2 Å². The van der Waals surface area contributed by atoms with E-state index < -0.39 is 5.91 Å². The minimum atomic E-state index is -0.586. The molecule has 1 amide bonds. The van der Waals surface area contributed by atoms with Gasteiger partial charge in [-0.25, -0.2) is 4.68 Å². The van der Waals surface area contributed by atoms with E-state index in [2.05, 4.69) is 31.8 Å². The Bertz CT molecular complexity index is 1070. The molecular weight excluding hydrogens is 400 g/mol. The van der Waals surface area contributed by atoms with E-state index in [1.165, 1.54) is 12.3 Å². The van der Waals surface area contributed by atoms with Crippen molar-refractivity contribution in [1.82, 2.24) is 14.8 Å². The lowest BCUT2D eigenvalue weighted by Crippen LogP contribution is -2.13. The second kappa shape index (κ2) is 8.79. The summed E-state index contributed by atoms with van der Waals surface area (Å²) in [5.74, 6) is -0.503. The van der Waals surface area contributed by atoms with Crippen molar-refractivity contribution in [1.29, 1.82) is 0 Å². The number of ketones is 1. The highest BCUT2D eigenvalue weighted by Crippen LogP contribution is 2.25. The fourth-order valence-corrected chi connectivity index (χ4v) is 3.24. The van der Waals surface area contributed by atoms with E-state index in [0.29, 0.717) is 17.9 Å². The van der Waals surface area contributed by atoms with Crippen molar-refractivity contribution >= 4 is 23.3 Å². The normalized spacial score (nSPS) is 11.5. The molecule has 0 saturated carbocycles. The molecule has 0 aliphatic rings. The zero-order valence-electron chi connectivity index (χ0n) is 17.4. The van der Waals surface area contributed by atoms with E-state index in [-0.39, 0.29) is 23.3 Å². The number of primary amides is 1. The van der Waals surface area contributed by atoms with E-state index in [0.717, 1.165) is 22.6 Å². The van der Waals surface area contributed by atoms with E-state index >= 15 is 0 Å². The van der Waals surface area contributed by atoms with E-state index in [4.69, 9.17) is 22.4 Å². The van der Waals surface area contributed by atoms with Gasteiger partial charge in [-0.1, -0.05) is 44.5 Å². The molecule has 2 aromatic heterocycles. The Labute approximate surface area is 181 Å². The SMILES string of the molecule is CC(C)(C)c1cc(CCC(=O)Cc2ccc(C(N)=O)nc2)n(-c2cccc(Cl)c2)n1. The number of carbonyl (C=O) groups excluding carboxylic acids is 2. The molecule has 0 spiro atoms. The third kappa shape index (κ3) is 5.33. The van der Waals surface area contributed by atoms with Gasteiger partial charge in [-0.3, -0.25) is 14.6 Å². The quantitative estimate of drug-likeness (QED) is 0.619. The molecule has 0 aliphatic heterocycles. The first-order valence-electron chi connectivity index (χ1n) is 9.75. The molecule has 3 aromatic rings. The predicted molar refractivity (Wildman–Crippen MR) is 117 cm³/mol. The van der Waals surface area contributed by atoms with Crippen LogP contribution in [0.2, 0.25) is 5.02 Å². The molecule has 6 nitrogen and oxygen atoms in total. The van der Waals surface area contributed by atoms with E-state index in [1.807, 2.05) is 28.9 Å². The topological polar surface area (TPSA) is 90.9 Å². The van der Waals surface area contributed by atoms with E-state index in [9.17, 15) is 9.59 Å². The van der Waals surface area contributed by atoms with Gasteiger partial charge in [-0.05, 0) is 42.3 Å². The van der Waals surface area contributed by atoms with Crippen LogP contribution in [0.25, 0.3) is 5.69 Å². The maximum absolute atomic E-state index is 12.5. The number of hydrogen-bond donors (Lipinski definition) is 1. The number of Topliss-reactive ketones (excluding diaryl/α,β-unsaturated/α-hetero) is 1. The Morgan fingerprint density at radius 3 is 2.50 bits per heavy atom. The number of halogens is 1. The van der Waals surface area contributed by atoms with Crippen molar-refractivity contribution in [2.45, 2.75) is 45.4 Å². The van der Waals surface area contributed by atoms with Crippen molar-refractivity contribution in [2.75, 3.05) is 0 Å². The lowest BCUT2D eigenvalue weighted by molar-refractivity contribution is -0.118. The summed E-state index contributed by atoms with van der Waals surface area (Å²) < 4.78 is 1.86. The third-order valence-electron chi connectivity index (χ3n) is 4.74. The molecule has 0 bridgehead atoms. The van der Waals surface area contributed by atoms with Crippen LogP contribution in [0.15, 0.2) is 48.7 Å². The van der Waals surface area contributed by atoms with Crippen LogP contribution < -0.4 is 5.73 Å². The Balaban J connectivity index is 1.76. The van der Waals surface area contributed by atoms with Crippen LogP contribution in [0.4, 0.5) is 0 Å². The molecule has 0 radical (unpaired) electrons. The lowest BCUT2D eigenvalue weighted by atomic mass is 9.92. The first-order chi connectivity index (χ1) is 14.1.